The zero-order valence-corrected chi connectivity index (χ0v) is 4.16. The van der Waals surface area contributed by atoms with Gasteiger partial charge in [0, 0.05) is 0 Å². The third-order valence-corrected chi connectivity index (χ3v) is 0.795. The quantitative estimate of drug-likeness (QED) is 0.446. The van der Waals surface area contributed by atoms with Crippen LogP contribution >= 0.6 is 0 Å². The van der Waals surface area contributed by atoms with Crippen molar-refractivity contribution in [1.29, 1.82) is 0 Å². The first-order valence-corrected chi connectivity index (χ1v) is 2.26. The summed E-state index contributed by atoms with van der Waals surface area (Å²) >= 11 is 0. The topological polar surface area (TPSA) is 59.1 Å². The van der Waals surface area contributed by atoms with Crippen molar-refractivity contribution >= 4 is 6.16 Å². The van der Waals surface area contributed by atoms with Gasteiger partial charge >= 0.3 is 6.16 Å². The lowest BCUT2D eigenvalue weighted by Crippen LogP contribution is -2.06. The molecule has 0 radical (unpaired) electrons. The molecule has 0 aromatic carbocycles. The van der Waals surface area contributed by atoms with Gasteiger partial charge in [-0.1, -0.05) is 7.43 Å². The summed E-state index contributed by atoms with van der Waals surface area (Å²) in [6.07, 6.45) is -1.20. The Morgan fingerprint density at radius 3 is 2.78 bits per heavy atom. The van der Waals surface area contributed by atoms with Crippen LogP contribution in [-0.2, 0) is 9.47 Å². The Morgan fingerprint density at radius 2 is 2.44 bits per heavy atom. The molecule has 9 heavy (non-hydrogen) atoms. The Labute approximate surface area is 53.4 Å². The van der Waals surface area contributed by atoms with E-state index in [9.17, 15) is 4.79 Å². The normalized spacial score (nSPS) is 22.0. The van der Waals surface area contributed by atoms with Gasteiger partial charge in [-0.15, -0.1) is 0 Å². The number of ether oxygens (including phenoxy) is 2. The lowest BCUT2D eigenvalue weighted by molar-refractivity contribution is 0.0848. The molecule has 4 heteroatoms. The minimum Gasteiger partial charge on any atom is -0.450 e. The van der Waals surface area contributed by atoms with Crippen LogP contribution < -0.4 is 0 Å². The molecule has 0 aromatic heterocycles. The number of carbonyl (C=O) groups is 1. The first-order valence-electron chi connectivity index (χ1n) is 2.26. The molecule has 1 heterocycles. The fraction of sp³-hybridized carbons (Fsp3) is 0.800. The molecule has 1 rings (SSSR count). The molecule has 0 spiro atoms. The molecule has 54 valence electrons. The molecule has 1 N–H and O–H groups in total. The van der Waals surface area contributed by atoms with Crippen LogP contribution in [0.15, 0.2) is 0 Å². The second-order valence-electron chi connectivity index (χ2n) is 1.53. The molecule has 0 aliphatic carbocycles. The van der Waals surface area contributed by atoms with E-state index in [2.05, 4.69) is 9.47 Å². The summed E-state index contributed by atoms with van der Waals surface area (Å²) in [6.45, 7) is 0.808. The Balaban J connectivity index is 0.000000640. The third kappa shape index (κ3) is 3.78. The van der Waals surface area contributed by atoms with Gasteiger partial charge < -0.3 is 14.6 Å². The van der Waals surface area contributed by atoms with E-state index in [1.165, 1.54) is 0 Å². The molecule has 0 aromatic rings. The largest absolute Gasteiger partial charge is 0.505 e. The maximum absolute atomic E-state index is 9.65. The summed E-state index contributed by atoms with van der Waals surface area (Å²) in [6, 6.07) is 0. The number of carboxylic acid groups (broad SMARTS) is 1. The van der Waals surface area contributed by atoms with Crippen molar-refractivity contribution < 1.29 is 19.4 Å². The molecule has 0 saturated carbocycles. The lowest BCUT2D eigenvalue weighted by Gasteiger charge is -1.91. The summed E-state index contributed by atoms with van der Waals surface area (Å²) in [4.78, 5) is 9.65. The fourth-order valence-corrected chi connectivity index (χ4v) is 0.329. The van der Waals surface area contributed by atoms with Gasteiger partial charge in [0.25, 0.3) is 0 Å². The predicted octanol–water partition coefficient (Wildman–Crippen LogP) is 0.716. The van der Waals surface area contributed by atoms with Crippen LogP contribution in [0.25, 0.3) is 0 Å². The fourth-order valence-electron chi connectivity index (χ4n) is 0.329. The van der Waals surface area contributed by atoms with Crippen molar-refractivity contribution in [3.63, 3.8) is 0 Å². The van der Waals surface area contributed by atoms with E-state index in [4.69, 9.17) is 5.11 Å². The maximum atomic E-state index is 9.65. The van der Waals surface area contributed by atoms with E-state index in [-0.39, 0.29) is 20.1 Å². The van der Waals surface area contributed by atoms with Crippen LogP contribution in [0.5, 0.6) is 0 Å². The molecule has 1 fully saturated rings. The van der Waals surface area contributed by atoms with Gasteiger partial charge in [0.2, 0.25) is 0 Å². The van der Waals surface area contributed by atoms with E-state index in [1.54, 1.807) is 0 Å². The highest BCUT2D eigenvalue weighted by Gasteiger charge is 2.23. The number of hydrogen-bond donors (Lipinski definition) is 1. The molecule has 0 bridgehead atoms. The first-order chi connectivity index (χ1) is 3.79. The van der Waals surface area contributed by atoms with Crippen molar-refractivity contribution in [3.05, 3.63) is 0 Å². The summed E-state index contributed by atoms with van der Waals surface area (Å²) in [5, 5.41) is 7.91. The molecular weight excluding hydrogens is 124 g/mol. The van der Waals surface area contributed by atoms with Gasteiger partial charge in [-0.2, -0.15) is 0 Å². The van der Waals surface area contributed by atoms with Crippen molar-refractivity contribution in [2.45, 2.75) is 13.5 Å². The third-order valence-electron chi connectivity index (χ3n) is 0.795. The highest BCUT2D eigenvalue weighted by molar-refractivity contribution is 5.56. The highest BCUT2D eigenvalue weighted by Crippen LogP contribution is 2.07. The summed E-state index contributed by atoms with van der Waals surface area (Å²) < 4.78 is 8.83. The monoisotopic (exact) mass is 134 g/mol. The van der Waals surface area contributed by atoms with Crippen LogP contribution in [0.2, 0.25) is 0 Å². The Bertz CT molecular complexity index is 97.1. The van der Waals surface area contributed by atoms with E-state index < -0.39 is 6.16 Å². The standard InChI is InChI=1S/C4H6O4.CH4/c5-4(6)8-2-3-1-7-3;/h3H,1-2H2,(H,5,6);1H4. The lowest BCUT2D eigenvalue weighted by atomic mass is 10.5. The SMILES string of the molecule is C.O=C(O)OCC1CO1. The summed E-state index contributed by atoms with van der Waals surface area (Å²) in [5.41, 5.74) is 0. The Hall–Kier alpha value is -0.770. The predicted molar refractivity (Wildman–Crippen MR) is 30.4 cm³/mol. The van der Waals surface area contributed by atoms with Crippen molar-refractivity contribution in [3.8, 4) is 0 Å². The second kappa shape index (κ2) is 3.29. The number of hydrogen-bond acceptors (Lipinski definition) is 3. The minimum atomic E-state index is -1.24. The first kappa shape index (κ1) is 8.23. The van der Waals surface area contributed by atoms with E-state index in [0.29, 0.717) is 6.61 Å². The van der Waals surface area contributed by atoms with Crippen LogP contribution in [0.3, 0.4) is 0 Å². The zero-order chi connectivity index (χ0) is 5.98. The van der Waals surface area contributed by atoms with Gasteiger partial charge in [-0.3, -0.25) is 0 Å². The number of epoxide rings is 1. The maximum Gasteiger partial charge on any atom is 0.505 e. The average molecular weight is 134 g/mol. The van der Waals surface area contributed by atoms with Gasteiger partial charge in [0.15, 0.2) is 0 Å². The summed E-state index contributed by atoms with van der Waals surface area (Å²) in [5.74, 6) is 0. The molecule has 1 atom stereocenters. The van der Waals surface area contributed by atoms with Crippen LogP contribution in [-0.4, -0.2) is 30.6 Å². The average Bonchev–Trinajstić information content (AvgIpc) is 2.41. The van der Waals surface area contributed by atoms with Crippen LogP contribution in [0.4, 0.5) is 4.79 Å². The van der Waals surface area contributed by atoms with Crippen molar-refractivity contribution in [1.82, 2.24) is 0 Å². The molecule has 1 saturated heterocycles. The molecule has 4 nitrogen and oxygen atoms in total. The van der Waals surface area contributed by atoms with Crippen LogP contribution in [0.1, 0.15) is 7.43 Å². The van der Waals surface area contributed by atoms with E-state index in [0.717, 1.165) is 0 Å². The smallest absolute Gasteiger partial charge is 0.450 e. The van der Waals surface area contributed by atoms with Crippen molar-refractivity contribution in [2.75, 3.05) is 13.2 Å². The number of rotatable bonds is 2. The molecular formula is C5H10O4. The van der Waals surface area contributed by atoms with Gasteiger partial charge in [-0.25, -0.2) is 4.79 Å². The Morgan fingerprint density at radius 1 is 1.89 bits per heavy atom. The molecule has 1 aliphatic rings. The minimum absolute atomic E-state index is 0. The molecule has 1 aliphatic heterocycles. The van der Waals surface area contributed by atoms with Gasteiger partial charge in [0.1, 0.15) is 12.7 Å². The van der Waals surface area contributed by atoms with E-state index >= 15 is 0 Å². The van der Waals surface area contributed by atoms with Gasteiger partial charge in [0.05, 0.1) is 6.61 Å². The molecule has 1 unspecified atom stereocenters. The highest BCUT2D eigenvalue weighted by atomic mass is 16.7. The summed E-state index contributed by atoms with van der Waals surface area (Å²) in [7, 11) is 0. The zero-order valence-electron chi connectivity index (χ0n) is 4.16. The van der Waals surface area contributed by atoms with Crippen molar-refractivity contribution in [2.24, 2.45) is 0 Å². The van der Waals surface area contributed by atoms with Gasteiger partial charge in [-0.05, 0) is 0 Å². The van der Waals surface area contributed by atoms with E-state index in [1.807, 2.05) is 0 Å². The second-order valence-corrected chi connectivity index (χ2v) is 1.53. The Kier molecular flexibility index (Phi) is 3.01. The van der Waals surface area contributed by atoms with Crippen LogP contribution in [0, 0.1) is 0 Å². The molecule has 0 amide bonds.